The van der Waals surface area contributed by atoms with Gasteiger partial charge in [0, 0.05) is 41.3 Å². The maximum atomic E-state index is 16.5. The number of halogens is 5. The Balaban J connectivity index is 0.00000237. The number of ether oxygens (including phenoxy) is 1. The summed E-state index contributed by atoms with van der Waals surface area (Å²) in [6.07, 6.45) is -5.71. The minimum absolute atomic E-state index is 0.0309. The van der Waals surface area contributed by atoms with Crippen LogP contribution in [0.25, 0.3) is 22.0 Å². The number of nitrogens with zero attached hydrogens (tertiary/aromatic N) is 2. The fraction of sp³-hybridized carbons (Fsp3) is 0.483. The van der Waals surface area contributed by atoms with E-state index in [-0.39, 0.29) is 67.6 Å². The van der Waals surface area contributed by atoms with Crippen LogP contribution in [0.2, 0.25) is 5.02 Å². The molecule has 0 bridgehead atoms. The Bertz CT molecular complexity index is 1470. The molecule has 4 rings (SSSR count). The second-order valence-corrected chi connectivity index (χ2v) is 10.4. The second kappa shape index (κ2) is 13.3. The van der Waals surface area contributed by atoms with Gasteiger partial charge in [-0.2, -0.15) is 13.2 Å². The van der Waals surface area contributed by atoms with Gasteiger partial charge < -0.3 is 26.4 Å². The van der Waals surface area contributed by atoms with Gasteiger partial charge in [0.1, 0.15) is 23.3 Å². The lowest BCUT2D eigenvalue weighted by molar-refractivity contribution is -0.127. The Morgan fingerprint density at radius 2 is 1.90 bits per heavy atom. The zero-order chi connectivity index (χ0) is 31.5. The van der Waals surface area contributed by atoms with Gasteiger partial charge in [-0.1, -0.05) is 32.4 Å². The average Bonchev–Trinajstić information content (AvgIpc) is 3.06. The lowest BCUT2D eigenvalue weighted by atomic mass is 9.96. The number of pyridine rings is 2. The van der Waals surface area contributed by atoms with E-state index in [4.69, 9.17) is 22.1 Å². The standard InChI is InChI=1S/C27H31ClF4N6O2.C2H6/c1-6-11(2)35-10-18-13(4)40-26-20-19(12(3)22(25(39)34-5)37-24(20)36-18)21(29)23(38-26)15-7-14(33)8-17(28)16(15)9-27(30,31)32;1-2/h7-8,11,13,18,35H,6,9-10,33H2,1-5H3,(H,34,39)(H,36,37);1-2H3/t11?,13?,18-;/m0./s1. The molecular weight excluding hydrogens is 576 g/mol. The van der Waals surface area contributed by atoms with Crippen molar-refractivity contribution in [2.75, 3.05) is 24.6 Å². The molecule has 1 aromatic carbocycles. The molecule has 2 unspecified atom stereocenters. The molecule has 0 radical (unpaired) electrons. The Kier molecular flexibility index (Phi) is 10.5. The third kappa shape index (κ3) is 6.81. The second-order valence-electron chi connectivity index (χ2n) is 9.95. The van der Waals surface area contributed by atoms with E-state index < -0.39 is 36.1 Å². The highest BCUT2D eigenvalue weighted by Gasteiger charge is 2.35. The summed E-state index contributed by atoms with van der Waals surface area (Å²) < 4.78 is 63.3. The molecule has 13 heteroatoms. The van der Waals surface area contributed by atoms with E-state index in [1.54, 1.807) is 6.92 Å². The Hall–Kier alpha value is -3.38. The Morgan fingerprint density at radius 1 is 1.24 bits per heavy atom. The molecule has 1 amide bonds. The molecule has 3 atom stereocenters. The molecular formula is C29H37ClF4N6O2. The molecule has 0 spiro atoms. The van der Waals surface area contributed by atoms with Crippen LogP contribution in [0.5, 0.6) is 5.88 Å². The first-order valence-electron chi connectivity index (χ1n) is 13.8. The number of rotatable bonds is 7. The Morgan fingerprint density at radius 3 is 2.50 bits per heavy atom. The van der Waals surface area contributed by atoms with E-state index in [9.17, 15) is 18.0 Å². The van der Waals surface area contributed by atoms with Crippen LogP contribution in [0.4, 0.5) is 29.1 Å². The Labute approximate surface area is 247 Å². The molecule has 8 nitrogen and oxygen atoms in total. The molecule has 1 aliphatic heterocycles. The first-order chi connectivity index (χ1) is 19.7. The topological polar surface area (TPSA) is 114 Å². The SMILES string of the molecule is CC.CCC(C)NC[C@@H]1Nc2nc(C(=O)NC)c(C)c3c(F)c(-c4cc(N)cc(Cl)c4CC(F)(F)F)nc(c23)OC1C. The van der Waals surface area contributed by atoms with Gasteiger partial charge in [0.15, 0.2) is 5.82 Å². The van der Waals surface area contributed by atoms with E-state index in [0.717, 1.165) is 6.42 Å². The lowest BCUT2D eigenvalue weighted by Gasteiger charge is -2.25. The van der Waals surface area contributed by atoms with Crippen LogP contribution in [-0.2, 0) is 6.42 Å². The van der Waals surface area contributed by atoms with Crippen molar-refractivity contribution in [2.24, 2.45) is 0 Å². The van der Waals surface area contributed by atoms with Gasteiger partial charge in [-0.15, -0.1) is 0 Å². The molecule has 230 valence electrons. The lowest BCUT2D eigenvalue weighted by Crippen LogP contribution is -2.45. The van der Waals surface area contributed by atoms with Crippen molar-refractivity contribution in [2.45, 2.75) is 78.7 Å². The average molecular weight is 613 g/mol. The number of alkyl halides is 3. The van der Waals surface area contributed by atoms with Gasteiger partial charge >= 0.3 is 6.18 Å². The molecule has 0 saturated heterocycles. The molecule has 2 aromatic heterocycles. The number of benzene rings is 1. The van der Waals surface area contributed by atoms with Crippen molar-refractivity contribution in [3.63, 3.8) is 0 Å². The number of aryl methyl sites for hydroxylation is 1. The maximum Gasteiger partial charge on any atom is 0.393 e. The summed E-state index contributed by atoms with van der Waals surface area (Å²) in [5.74, 6) is -1.38. The van der Waals surface area contributed by atoms with Gasteiger partial charge in [-0.25, -0.2) is 14.4 Å². The number of amides is 1. The van der Waals surface area contributed by atoms with Crippen molar-refractivity contribution in [3.8, 4) is 17.1 Å². The van der Waals surface area contributed by atoms with E-state index in [2.05, 4.69) is 25.9 Å². The van der Waals surface area contributed by atoms with E-state index in [1.807, 2.05) is 27.7 Å². The summed E-state index contributed by atoms with van der Waals surface area (Å²) in [6.45, 7) is 11.8. The van der Waals surface area contributed by atoms with Crippen molar-refractivity contribution < 1.29 is 27.1 Å². The zero-order valence-electron chi connectivity index (χ0n) is 24.7. The maximum absolute atomic E-state index is 16.5. The summed E-state index contributed by atoms with van der Waals surface area (Å²) in [5.41, 5.74) is 5.04. The fourth-order valence-corrected chi connectivity index (χ4v) is 4.98. The predicted octanol–water partition coefficient (Wildman–Crippen LogP) is 6.42. The third-order valence-corrected chi connectivity index (χ3v) is 7.41. The monoisotopic (exact) mass is 612 g/mol. The summed E-state index contributed by atoms with van der Waals surface area (Å²) in [4.78, 5) is 21.6. The number of carbonyl (C=O) groups is 1. The van der Waals surface area contributed by atoms with Crippen LogP contribution in [0.3, 0.4) is 0 Å². The van der Waals surface area contributed by atoms with Crippen LogP contribution in [0.15, 0.2) is 12.1 Å². The highest BCUT2D eigenvalue weighted by Crippen LogP contribution is 2.43. The fourth-order valence-electron chi connectivity index (χ4n) is 4.68. The number of nitrogen functional groups attached to an aromatic ring is 1. The molecule has 1 aliphatic rings. The van der Waals surface area contributed by atoms with E-state index >= 15 is 4.39 Å². The summed E-state index contributed by atoms with van der Waals surface area (Å²) in [6, 6.07) is 2.21. The van der Waals surface area contributed by atoms with Crippen molar-refractivity contribution in [3.05, 3.63) is 39.8 Å². The molecule has 0 saturated carbocycles. The number of carbonyl (C=O) groups excluding carboxylic acids is 1. The molecule has 3 aromatic rings. The minimum atomic E-state index is -4.64. The van der Waals surface area contributed by atoms with Crippen LogP contribution < -0.4 is 26.4 Å². The highest BCUT2D eigenvalue weighted by molar-refractivity contribution is 6.32. The highest BCUT2D eigenvalue weighted by atomic mass is 35.5. The molecule has 0 fully saturated rings. The summed E-state index contributed by atoms with van der Waals surface area (Å²) >= 11 is 6.19. The number of nitrogens with two attached hydrogens (primary N) is 1. The van der Waals surface area contributed by atoms with Crippen molar-refractivity contribution >= 4 is 39.8 Å². The molecule has 5 N–H and O–H groups in total. The number of aromatic nitrogens is 2. The molecule has 0 aliphatic carbocycles. The van der Waals surface area contributed by atoms with Gasteiger partial charge in [-0.3, -0.25) is 4.79 Å². The van der Waals surface area contributed by atoms with Crippen LogP contribution in [0.1, 0.15) is 62.7 Å². The molecule has 3 heterocycles. The van der Waals surface area contributed by atoms with Crippen LogP contribution in [0, 0.1) is 12.7 Å². The number of hydrogen-bond acceptors (Lipinski definition) is 7. The van der Waals surface area contributed by atoms with Gasteiger partial charge in [-0.05, 0) is 50.5 Å². The van der Waals surface area contributed by atoms with Gasteiger partial charge in [0.2, 0.25) is 5.88 Å². The van der Waals surface area contributed by atoms with Gasteiger partial charge in [0.05, 0.1) is 17.8 Å². The van der Waals surface area contributed by atoms with Crippen molar-refractivity contribution in [1.82, 2.24) is 20.6 Å². The van der Waals surface area contributed by atoms with E-state index in [0.29, 0.717) is 6.54 Å². The quantitative estimate of drug-likeness (QED) is 0.180. The summed E-state index contributed by atoms with van der Waals surface area (Å²) in [7, 11) is 1.42. The van der Waals surface area contributed by atoms with Gasteiger partial charge in [0.25, 0.3) is 5.91 Å². The smallest absolute Gasteiger partial charge is 0.393 e. The van der Waals surface area contributed by atoms with Crippen molar-refractivity contribution in [1.29, 1.82) is 0 Å². The largest absolute Gasteiger partial charge is 0.472 e. The first-order valence-corrected chi connectivity index (χ1v) is 14.2. The predicted molar refractivity (Wildman–Crippen MR) is 159 cm³/mol. The zero-order valence-corrected chi connectivity index (χ0v) is 25.4. The summed E-state index contributed by atoms with van der Waals surface area (Å²) in [5, 5.41) is 9.01. The molecule has 42 heavy (non-hydrogen) atoms. The van der Waals surface area contributed by atoms with E-state index in [1.165, 1.54) is 26.1 Å². The number of hydrogen-bond donors (Lipinski definition) is 4. The third-order valence-electron chi connectivity index (χ3n) is 7.07. The van der Waals surface area contributed by atoms with Crippen LogP contribution >= 0.6 is 11.6 Å². The minimum Gasteiger partial charge on any atom is -0.472 e. The van der Waals surface area contributed by atoms with Crippen LogP contribution in [-0.4, -0.2) is 53.8 Å². The number of nitrogens with one attached hydrogen (secondary N) is 3. The normalized spacial score (nSPS) is 17.0. The first kappa shape index (κ1) is 33.1. The number of anilines is 2.